The van der Waals surface area contributed by atoms with Gasteiger partial charge in [0, 0.05) is 25.6 Å². The van der Waals surface area contributed by atoms with Crippen LogP contribution in [0.15, 0.2) is 30.3 Å². The first-order chi connectivity index (χ1) is 9.81. The quantitative estimate of drug-likeness (QED) is 0.792. The molecule has 2 rings (SSSR count). The van der Waals surface area contributed by atoms with E-state index in [0.29, 0.717) is 25.4 Å². The molecule has 0 bridgehead atoms. The van der Waals surface area contributed by atoms with E-state index in [2.05, 4.69) is 12.1 Å². The van der Waals surface area contributed by atoms with Crippen molar-refractivity contribution >= 4 is 5.91 Å². The topological polar surface area (TPSA) is 40.5 Å². The lowest BCUT2D eigenvalue weighted by Crippen LogP contribution is -2.44. The van der Waals surface area contributed by atoms with Crippen LogP contribution in [0.4, 0.5) is 0 Å². The molecule has 1 aromatic rings. The Kier molecular flexibility index (Phi) is 6.06. The summed E-state index contributed by atoms with van der Waals surface area (Å²) in [5, 5.41) is 8.96. The van der Waals surface area contributed by atoms with Crippen molar-refractivity contribution in [3.8, 4) is 0 Å². The van der Waals surface area contributed by atoms with Gasteiger partial charge >= 0.3 is 0 Å². The largest absolute Gasteiger partial charge is 0.396 e. The summed E-state index contributed by atoms with van der Waals surface area (Å²) in [6, 6.07) is 10.8. The lowest BCUT2D eigenvalue weighted by atomic mass is 9.91. The summed E-state index contributed by atoms with van der Waals surface area (Å²) < 4.78 is 0. The normalized spacial score (nSPS) is 14.8. The number of hydrogen-bond acceptors (Lipinski definition) is 2. The van der Waals surface area contributed by atoms with Crippen LogP contribution in [0.2, 0.25) is 0 Å². The molecule has 1 aliphatic carbocycles. The van der Waals surface area contributed by atoms with Gasteiger partial charge in [-0.05, 0) is 44.1 Å². The Morgan fingerprint density at radius 2 is 1.95 bits per heavy atom. The van der Waals surface area contributed by atoms with Gasteiger partial charge in [0.1, 0.15) is 0 Å². The second kappa shape index (κ2) is 8.05. The van der Waals surface area contributed by atoms with Crippen LogP contribution in [0.3, 0.4) is 0 Å². The third kappa shape index (κ3) is 4.34. The minimum Gasteiger partial charge on any atom is -0.396 e. The summed E-state index contributed by atoms with van der Waals surface area (Å²) in [6.45, 7) is 0.881. The zero-order valence-electron chi connectivity index (χ0n) is 12.1. The third-order valence-corrected chi connectivity index (χ3v) is 4.09. The maximum absolute atomic E-state index is 12.3. The van der Waals surface area contributed by atoms with Crippen LogP contribution in [0.5, 0.6) is 0 Å². The average molecular weight is 275 g/mol. The highest BCUT2D eigenvalue weighted by atomic mass is 16.3. The molecule has 0 unspecified atom stereocenters. The van der Waals surface area contributed by atoms with E-state index in [1.165, 1.54) is 12.0 Å². The SMILES string of the molecule is O=C(CCCc1ccccc1)N(CCCO)C1CCC1. The lowest BCUT2D eigenvalue weighted by molar-refractivity contribution is -0.135. The first-order valence-electron chi connectivity index (χ1n) is 7.75. The first-order valence-corrected chi connectivity index (χ1v) is 7.75. The second-order valence-electron chi connectivity index (χ2n) is 5.59. The zero-order valence-corrected chi connectivity index (χ0v) is 12.1. The molecule has 0 heterocycles. The molecule has 0 aromatic heterocycles. The van der Waals surface area contributed by atoms with Crippen molar-refractivity contribution in [1.82, 2.24) is 4.90 Å². The molecular weight excluding hydrogens is 250 g/mol. The fourth-order valence-corrected chi connectivity index (χ4v) is 2.68. The van der Waals surface area contributed by atoms with E-state index < -0.39 is 0 Å². The van der Waals surface area contributed by atoms with E-state index in [1.54, 1.807) is 0 Å². The van der Waals surface area contributed by atoms with Crippen LogP contribution in [-0.4, -0.2) is 35.1 Å². The van der Waals surface area contributed by atoms with Crippen LogP contribution in [-0.2, 0) is 11.2 Å². The van der Waals surface area contributed by atoms with Gasteiger partial charge in [0.2, 0.25) is 5.91 Å². The van der Waals surface area contributed by atoms with Crippen LogP contribution >= 0.6 is 0 Å². The molecule has 0 radical (unpaired) electrons. The number of rotatable bonds is 8. The van der Waals surface area contributed by atoms with Gasteiger partial charge in [-0.2, -0.15) is 0 Å². The number of carbonyl (C=O) groups is 1. The first kappa shape index (κ1) is 15.0. The molecule has 3 heteroatoms. The fourth-order valence-electron chi connectivity index (χ4n) is 2.68. The number of carbonyl (C=O) groups excluding carboxylic acids is 1. The fraction of sp³-hybridized carbons (Fsp3) is 0.588. The predicted octanol–water partition coefficient (Wildman–Crippen LogP) is 2.77. The summed E-state index contributed by atoms with van der Waals surface area (Å²) in [4.78, 5) is 14.3. The predicted molar refractivity (Wildman–Crippen MR) is 80.4 cm³/mol. The number of amides is 1. The number of aliphatic hydroxyl groups excluding tert-OH is 1. The molecule has 1 aromatic carbocycles. The van der Waals surface area contributed by atoms with Gasteiger partial charge in [0.25, 0.3) is 0 Å². The van der Waals surface area contributed by atoms with Crippen molar-refractivity contribution in [2.45, 2.75) is 51.0 Å². The number of aliphatic hydroxyl groups is 1. The van der Waals surface area contributed by atoms with Crippen molar-refractivity contribution in [3.63, 3.8) is 0 Å². The van der Waals surface area contributed by atoms with Gasteiger partial charge in [-0.1, -0.05) is 30.3 Å². The van der Waals surface area contributed by atoms with Gasteiger partial charge in [0.05, 0.1) is 0 Å². The molecule has 1 aliphatic rings. The van der Waals surface area contributed by atoms with E-state index in [4.69, 9.17) is 5.11 Å². The number of hydrogen-bond donors (Lipinski definition) is 1. The van der Waals surface area contributed by atoms with Crippen LogP contribution < -0.4 is 0 Å². The van der Waals surface area contributed by atoms with Crippen molar-refractivity contribution in [1.29, 1.82) is 0 Å². The molecule has 110 valence electrons. The van der Waals surface area contributed by atoms with Crippen LogP contribution in [0.25, 0.3) is 0 Å². The Hall–Kier alpha value is -1.35. The molecular formula is C17H25NO2. The second-order valence-corrected chi connectivity index (χ2v) is 5.59. The summed E-state index contributed by atoms with van der Waals surface area (Å²) in [7, 11) is 0. The minimum absolute atomic E-state index is 0.167. The minimum atomic E-state index is 0.167. The molecule has 1 fully saturated rings. The number of nitrogens with zero attached hydrogens (tertiary/aromatic N) is 1. The highest BCUT2D eigenvalue weighted by Crippen LogP contribution is 2.25. The average Bonchev–Trinajstić information content (AvgIpc) is 2.42. The van der Waals surface area contributed by atoms with Crippen molar-refractivity contribution < 1.29 is 9.90 Å². The smallest absolute Gasteiger partial charge is 0.222 e. The van der Waals surface area contributed by atoms with E-state index >= 15 is 0 Å². The Balaban J connectivity index is 1.76. The summed E-state index contributed by atoms with van der Waals surface area (Å²) in [6.07, 6.45) is 6.69. The van der Waals surface area contributed by atoms with E-state index in [9.17, 15) is 4.79 Å². The van der Waals surface area contributed by atoms with Gasteiger partial charge in [0.15, 0.2) is 0 Å². The summed E-state index contributed by atoms with van der Waals surface area (Å²) in [5.41, 5.74) is 1.30. The molecule has 0 aliphatic heterocycles. The highest BCUT2D eigenvalue weighted by Gasteiger charge is 2.27. The lowest BCUT2D eigenvalue weighted by Gasteiger charge is -2.37. The Bertz CT molecular complexity index is 401. The van der Waals surface area contributed by atoms with Gasteiger partial charge in [-0.3, -0.25) is 4.79 Å². The molecule has 0 spiro atoms. The number of aryl methyl sites for hydroxylation is 1. The highest BCUT2D eigenvalue weighted by molar-refractivity contribution is 5.76. The molecule has 3 nitrogen and oxygen atoms in total. The number of benzene rings is 1. The van der Waals surface area contributed by atoms with Gasteiger partial charge < -0.3 is 10.0 Å². The molecule has 1 N–H and O–H groups in total. The van der Waals surface area contributed by atoms with Gasteiger partial charge in [-0.25, -0.2) is 0 Å². The van der Waals surface area contributed by atoms with Crippen LogP contribution in [0.1, 0.15) is 44.1 Å². The molecule has 0 atom stereocenters. The maximum atomic E-state index is 12.3. The van der Waals surface area contributed by atoms with Crippen molar-refractivity contribution in [2.24, 2.45) is 0 Å². The zero-order chi connectivity index (χ0) is 14.2. The maximum Gasteiger partial charge on any atom is 0.222 e. The summed E-state index contributed by atoms with van der Waals surface area (Å²) in [5.74, 6) is 0.263. The molecule has 1 amide bonds. The van der Waals surface area contributed by atoms with E-state index in [0.717, 1.165) is 25.7 Å². The Labute approximate surface area is 121 Å². The van der Waals surface area contributed by atoms with Crippen LogP contribution in [0, 0.1) is 0 Å². The standard InChI is InChI=1S/C17H25NO2/c19-14-6-13-18(16-10-5-11-16)17(20)12-4-9-15-7-2-1-3-8-15/h1-3,7-8,16,19H,4-6,9-14H2. The van der Waals surface area contributed by atoms with E-state index in [-0.39, 0.29) is 12.5 Å². The van der Waals surface area contributed by atoms with E-state index in [1.807, 2.05) is 23.1 Å². The molecule has 0 saturated heterocycles. The Morgan fingerprint density at radius 1 is 1.20 bits per heavy atom. The molecule has 20 heavy (non-hydrogen) atoms. The monoisotopic (exact) mass is 275 g/mol. The van der Waals surface area contributed by atoms with Crippen molar-refractivity contribution in [3.05, 3.63) is 35.9 Å². The van der Waals surface area contributed by atoms with Gasteiger partial charge in [-0.15, -0.1) is 0 Å². The third-order valence-electron chi connectivity index (χ3n) is 4.09. The molecule has 1 saturated carbocycles. The summed E-state index contributed by atoms with van der Waals surface area (Å²) >= 11 is 0. The Morgan fingerprint density at radius 3 is 2.55 bits per heavy atom. The van der Waals surface area contributed by atoms with Crippen molar-refractivity contribution in [2.75, 3.05) is 13.2 Å².